The molecule has 2 aromatic rings. The molecular weight excluding hydrogens is 380 g/mol. The highest BCUT2D eigenvalue weighted by molar-refractivity contribution is 7.89. The Kier molecular flexibility index (Phi) is 6.93. The minimum atomic E-state index is -3.69. The van der Waals surface area contributed by atoms with E-state index >= 15 is 0 Å². The third-order valence-corrected chi connectivity index (χ3v) is 5.98. The molecule has 0 saturated heterocycles. The number of nitrogens with zero attached hydrogens (tertiary/aromatic N) is 1. The lowest BCUT2D eigenvalue weighted by molar-refractivity contribution is -0.129. The minimum absolute atomic E-state index is 0.0174. The number of aryl methyl sites for hydroxylation is 1. The normalized spacial score (nSPS) is 12.5. The van der Waals surface area contributed by atoms with Gasteiger partial charge in [-0.15, -0.1) is 0 Å². The molecule has 0 aliphatic heterocycles. The molecule has 0 spiro atoms. The maximum Gasteiger partial charge on any atom is 0.339 e. The van der Waals surface area contributed by atoms with Crippen molar-refractivity contribution in [2.75, 3.05) is 14.1 Å². The van der Waals surface area contributed by atoms with Crippen LogP contribution in [0.4, 0.5) is 0 Å². The summed E-state index contributed by atoms with van der Waals surface area (Å²) in [4.78, 5) is 24.7. The molecule has 0 fully saturated rings. The Morgan fingerprint density at radius 3 is 2.36 bits per heavy atom. The van der Waals surface area contributed by atoms with Crippen LogP contribution in [0.3, 0.4) is 0 Å². The third-order valence-electron chi connectivity index (χ3n) is 4.17. The van der Waals surface area contributed by atoms with E-state index in [4.69, 9.17) is 4.74 Å². The number of esters is 1. The molecule has 0 heterocycles. The Hall–Kier alpha value is -2.71. The number of carbonyl (C=O) groups excluding carboxylic acids is 2. The monoisotopic (exact) mass is 404 g/mol. The van der Waals surface area contributed by atoms with Gasteiger partial charge in [0.05, 0.1) is 10.5 Å². The summed E-state index contributed by atoms with van der Waals surface area (Å²) in [5.41, 5.74) is 1.58. The fourth-order valence-corrected chi connectivity index (χ4v) is 3.33. The summed E-state index contributed by atoms with van der Waals surface area (Å²) in [7, 11) is -0.869. The van der Waals surface area contributed by atoms with Crippen molar-refractivity contribution in [2.45, 2.75) is 31.4 Å². The minimum Gasteiger partial charge on any atom is -0.449 e. The summed E-state index contributed by atoms with van der Waals surface area (Å²) in [6, 6.07) is 13.6. The summed E-state index contributed by atoms with van der Waals surface area (Å²) < 4.78 is 30.9. The third kappa shape index (κ3) is 5.17. The van der Waals surface area contributed by atoms with Gasteiger partial charge in [0, 0.05) is 20.6 Å². The van der Waals surface area contributed by atoms with Crippen molar-refractivity contribution < 1.29 is 22.7 Å². The molecule has 0 aromatic heterocycles. The van der Waals surface area contributed by atoms with Gasteiger partial charge in [-0.05, 0) is 37.1 Å². The van der Waals surface area contributed by atoms with Crippen LogP contribution in [0.1, 0.15) is 28.4 Å². The first-order valence-corrected chi connectivity index (χ1v) is 10.1. The lowest BCUT2D eigenvalue weighted by Crippen LogP contribution is -2.35. The zero-order valence-corrected chi connectivity index (χ0v) is 17.1. The van der Waals surface area contributed by atoms with Crippen molar-refractivity contribution in [1.82, 2.24) is 9.62 Å². The quantitative estimate of drug-likeness (QED) is 0.714. The maximum absolute atomic E-state index is 12.5. The fourth-order valence-electron chi connectivity index (χ4n) is 2.40. The average molecular weight is 404 g/mol. The van der Waals surface area contributed by atoms with Gasteiger partial charge in [-0.1, -0.05) is 36.4 Å². The number of hydrogen-bond donors (Lipinski definition) is 1. The second kappa shape index (κ2) is 8.99. The van der Waals surface area contributed by atoms with Crippen LogP contribution in [0.15, 0.2) is 53.4 Å². The Morgan fingerprint density at radius 1 is 1.11 bits per heavy atom. The van der Waals surface area contributed by atoms with Gasteiger partial charge in [-0.3, -0.25) is 4.79 Å². The van der Waals surface area contributed by atoms with E-state index in [2.05, 4.69) is 5.32 Å². The molecule has 2 rings (SSSR count). The predicted molar refractivity (Wildman–Crippen MR) is 105 cm³/mol. The van der Waals surface area contributed by atoms with E-state index in [0.717, 1.165) is 9.87 Å². The first-order chi connectivity index (χ1) is 13.1. The SMILES string of the molecule is Cc1ccc(S(=O)(=O)N(C)C)cc1C(=O)O[C@H](C)C(=O)NCc1ccccc1. The molecule has 7 nitrogen and oxygen atoms in total. The van der Waals surface area contributed by atoms with Crippen molar-refractivity contribution in [1.29, 1.82) is 0 Å². The average Bonchev–Trinajstić information content (AvgIpc) is 2.66. The van der Waals surface area contributed by atoms with Crippen LogP contribution in [-0.2, 0) is 26.1 Å². The Morgan fingerprint density at radius 2 is 1.75 bits per heavy atom. The first-order valence-electron chi connectivity index (χ1n) is 8.68. The number of hydrogen-bond acceptors (Lipinski definition) is 5. The van der Waals surface area contributed by atoms with Crippen LogP contribution in [0.5, 0.6) is 0 Å². The van der Waals surface area contributed by atoms with Crippen molar-refractivity contribution in [3.05, 3.63) is 65.2 Å². The molecule has 1 N–H and O–H groups in total. The number of carbonyl (C=O) groups is 2. The van der Waals surface area contributed by atoms with Crippen LogP contribution in [0.25, 0.3) is 0 Å². The van der Waals surface area contributed by atoms with Crippen molar-refractivity contribution in [3.63, 3.8) is 0 Å². The van der Waals surface area contributed by atoms with Gasteiger partial charge in [-0.2, -0.15) is 0 Å². The zero-order chi connectivity index (χ0) is 20.9. The number of ether oxygens (including phenoxy) is 1. The smallest absolute Gasteiger partial charge is 0.339 e. The van der Waals surface area contributed by atoms with Gasteiger partial charge in [0.2, 0.25) is 10.0 Å². The predicted octanol–water partition coefficient (Wildman–Crippen LogP) is 2.11. The molecule has 28 heavy (non-hydrogen) atoms. The summed E-state index contributed by atoms with van der Waals surface area (Å²) in [5, 5.41) is 2.70. The van der Waals surface area contributed by atoms with Crippen molar-refractivity contribution in [2.24, 2.45) is 0 Å². The molecule has 1 atom stereocenters. The highest BCUT2D eigenvalue weighted by atomic mass is 32.2. The number of sulfonamides is 1. The summed E-state index contributed by atoms with van der Waals surface area (Å²) in [6.07, 6.45) is -1.02. The topological polar surface area (TPSA) is 92.8 Å². The van der Waals surface area contributed by atoms with E-state index in [1.807, 2.05) is 30.3 Å². The molecule has 0 saturated carbocycles. The maximum atomic E-state index is 12.5. The van der Waals surface area contributed by atoms with E-state index in [0.29, 0.717) is 12.1 Å². The van der Waals surface area contributed by atoms with Gasteiger partial charge < -0.3 is 10.1 Å². The molecule has 0 bridgehead atoms. The second-order valence-corrected chi connectivity index (χ2v) is 8.67. The summed E-state index contributed by atoms with van der Waals surface area (Å²) in [6.45, 7) is 3.45. The van der Waals surface area contributed by atoms with Crippen LogP contribution in [0.2, 0.25) is 0 Å². The Labute approximate surface area is 165 Å². The molecular formula is C20H24N2O5S. The summed E-state index contributed by atoms with van der Waals surface area (Å²) in [5.74, 6) is -1.19. The lowest BCUT2D eigenvalue weighted by Gasteiger charge is -2.16. The van der Waals surface area contributed by atoms with Gasteiger partial charge in [0.15, 0.2) is 6.10 Å². The molecule has 150 valence electrons. The number of benzene rings is 2. The highest BCUT2D eigenvalue weighted by Crippen LogP contribution is 2.19. The Bertz CT molecular complexity index is 956. The van der Waals surface area contributed by atoms with Crippen molar-refractivity contribution >= 4 is 21.9 Å². The molecule has 0 radical (unpaired) electrons. The second-order valence-electron chi connectivity index (χ2n) is 6.52. The molecule has 0 aliphatic rings. The van der Waals surface area contributed by atoms with Crippen LogP contribution in [-0.4, -0.2) is 44.8 Å². The molecule has 0 aliphatic carbocycles. The number of amides is 1. The number of rotatable bonds is 7. The molecule has 8 heteroatoms. The Balaban J connectivity index is 2.08. The van der Waals surface area contributed by atoms with Crippen LogP contribution in [0, 0.1) is 6.92 Å². The van der Waals surface area contributed by atoms with Crippen LogP contribution >= 0.6 is 0 Å². The van der Waals surface area contributed by atoms with Gasteiger partial charge >= 0.3 is 5.97 Å². The molecule has 2 aromatic carbocycles. The standard InChI is InChI=1S/C20H24N2O5S/c1-14-10-11-17(28(25,26)22(3)4)12-18(14)20(24)27-15(2)19(23)21-13-16-8-6-5-7-9-16/h5-12,15H,13H2,1-4H3,(H,21,23)/t15-/m1/s1. The zero-order valence-electron chi connectivity index (χ0n) is 16.3. The lowest BCUT2D eigenvalue weighted by atomic mass is 10.1. The van der Waals surface area contributed by atoms with Gasteiger partial charge in [-0.25, -0.2) is 17.5 Å². The van der Waals surface area contributed by atoms with E-state index < -0.39 is 28.0 Å². The van der Waals surface area contributed by atoms with E-state index in [1.54, 1.807) is 6.92 Å². The molecule has 1 amide bonds. The van der Waals surface area contributed by atoms with E-state index in [-0.39, 0.29) is 10.5 Å². The highest BCUT2D eigenvalue weighted by Gasteiger charge is 2.23. The van der Waals surface area contributed by atoms with Gasteiger partial charge in [0.25, 0.3) is 5.91 Å². The first kappa shape index (κ1) is 21.6. The summed E-state index contributed by atoms with van der Waals surface area (Å²) >= 11 is 0. The van der Waals surface area contributed by atoms with E-state index in [9.17, 15) is 18.0 Å². The van der Waals surface area contributed by atoms with Crippen molar-refractivity contribution in [3.8, 4) is 0 Å². The molecule has 0 unspecified atom stereocenters. The van der Waals surface area contributed by atoms with E-state index in [1.165, 1.54) is 39.2 Å². The van der Waals surface area contributed by atoms with Crippen LogP contribution < -0.4 is 5.32 Å². The van der Waals surface area contributed by atoms with Gasteiger partial charge in [0.1, 0.15) is 0 Å². The largest absolute Gasteiger partial charge is 0.449 e. The fraction of sp³-hybridized carbons (Fsp3) is 0.300. The number of nitrogens with one attached hydrogen (secondary N) is 1.